The van der Waals surface area contributed by atoms with Gasteiger partial charge in [0, 0.05) is 35.0 Å². The van der Waals surface area contributed by atoms with Gasteiger partial charge in [-0.2, -0.15) is 0 Å². The molecule has 0 spiro atoms. The Bertz CT molecular complexity index is 1670. The van der Waals surface area contributed by atoms with E-state index in [1.807, 2.05) is 0 Å². The van der Waals surface area contributed by atoms with Crippen LogP contribution in [0.1, 0.15) is 5.56 Å². The maximum Gasteiger partial charge on any atom is 0.256 e. The van der Waals surface area contributed by atoms with E-state index in [-0.39, 0.29) is 28.0 Å². The summed E-state index contributed by atoms with van der Waals surface area (Å²) >= 11 is 0. The summed E-state index contributed by atoms with van der Waals surface area (Å²) in [6.45, 7) is 1.47. The second-order valence-electron chi connectivity index (χ2n) is 9.66. The van der Waals surface area contributed by atoms with Crippen LogP contribution in [0.5, 0.6) is 23.0 Å². The molecular weight excluding hydrogens is 550 g/mol. The summed E-state index contributed by atoms with van der Waals surface area (Å²) in [5, 5.41) is 45.0. The van der Waals surface area contributed by atoms with Crippen LogP contribution in [0.2, 0.25) is 0 Å². The largest absolute Gasteiger partial charge is 0.507 e. The fraction of sp³-hybridized carbons (Fsp3) is 0.267. The quantitative estimate of drug-likeness (QED) is 0.217. The maximum absolute atomic E-state index is 13.0. The van der Waals surface area contributed by atoms with Gasteiger partial charge >= 0.3 is 0 Å². The number of rotatable bonds is 7. The van der Waals surface area contributed by atoms with E-state index in [9.17, 15) is 30.0 Å². The van der Waals surface area contributed by atoms with Crippen molar-refractivity contribution in [2.75, 3.05) is 19.5 Å². The molecule has 12 heteroatoms. The third kappa shape index (κ3) is 5.48. The molecule has 1 aliphatic rings. The fourth-order valence-corrected chi connectivity index (χ4v) is 4.60. The number of aliphatic hydroxyl groups excluding tert-OH is 3. The van der Waals surface area contributed by atoms with E-state index in [0.717, 1.165) is 0 Å². The number of carbonyl (C=O) groups excluding carboxylic acids is 1. The molecule has 5 atom stereocenters. The minimum absolute atomic E-state index is 0.0235. The summed E-state index contributed by atoms with van der Waals surface area (Å²) in [6, 6.07) is 15.8. The van der Waals surface area contributed by atoms with E-state index in [2.05, 4.69) is 5.32 Å². The molecule has 5 rings (SSSR count). The summed E-state index contributed by atoms with van der Waals surface area (Å²) < 4.78 is 27.6. The van der Waals surface area contributed by atoms with Crippen molar-refractivity contribution in [2.45, 2.75) is 37.6 Å². The number of aromatic hydroxyl groups is 1. The SMILES string of the molecule is COc1ccc(-c2cc(=O)c3c(O)c(C)c(OC4OC(C(=O)Nc5cccc(OC)c5)C(O)C(O)C4O)cc3o2)cc1. The molecule has 1 aliphatic heterocycles. The Labute approximate surface area is 239 Å². The minimum Gasteiger partial charge on any atom is -0.507 e. The average Bonchev–Trinajstić information content (AvgIpc) is 2.99. The first-order valence-electron chi connectivity index (χ1n) is 12.9. The normalized spacial score (nSPS) is 22.0. The number of methoxy groups -OCH3 is 2. The van der Waals surface area contributed by atoms with Gasteiger partial charge in [0.25, 0.3) is 5.91 Å². The number of aliphatic hydroxyl groups is 3. The zero-order chi connectivity index (χ0) is 30.1. The lowest BCUT2D eigenvalue weighted by Crippen LogP contribution is -2.62. The van der Waals surface area contributed by atoms with Crippen LogP contribution < -0.4 is 25.0 Å². The first-order valence-corrected chi connectivity index (χ1v) is 12.9. The van der Waals surface area contributed by atoms with E-state index in [4.69, 9.17) is 23.4 Å². The van der Waals surface area contributed by atoms with Crippen LogP contribution in [0.25, 0.3) is 22.3 Å². The van der Waals surface area contributed by atoms with Gasteiger partial charge in [-0.15, -0.1) is 0 Å². The van der Waals surface area contributed by atoms with Crippen molar-refractivity contribution in [2.24, 2.45) is 0 Å². The minimum atomic E-state index is -1.82. The molecule has 5 unspecified atom stereocenters. The van der Waals surface area contributed by atoms with Gasteiger partial charge in [0.05, 0.1) is 14.2 Å². The molecule has 4 aromatic rings. The molecule has 42 heavy (non-hydrogen) atoms. The molecule has 3 aromatic carbocycles. The second kappa shape index (κ2) is 11.7. The summed E-state index contributed by atoms with van der Waals surface area (Å²) in [5.74, 6) is 0.00244. The van der Waals surface area contributed by atoms with Crippen LogP contribution in [0.4, 0.5) is 5.69 Å². The number of phenolic OH excluding ortho intramolecular Hbond substituents is 1. The van der Waals surface area contributed by atoms with Crippen LogP contribution in [-0.2, 0) is 9.53 Å². The van der Waals surface area contributed by atoms with Crippen molar-refractivity contribution in [1.82, 2.24) is 0 Å². The third-order valence-electron chi connectivity index (χ3n) is 6.98. The van der Waals surface area contributed by atoms with E-state index in [1.165, 1.54) is 33.3 Å². The molecule has 2 heterocycles. The van der Waals surface area contributed by atoms with Crippen LogP contribution in [0, 0.1) is 6.92 Å². The smallest absolute Gasteiger partial charge is 0.256 e. The van der Waals surface area contributed by atoms with Gasteiger partial charge in [-0.3, -0.25) is 9.59 Å². The van der Waals surface area contributed by atoms with E-state index in [0.29, 0.717) is 22.7 Å². The van der Waals surface area contributed by atoms with Gasteiger partial charge in [-0.1, -0.05) is 6.07 Å². The Morgan fingerprint density at radius 3 is 2.31 bits per heavy atom. The highest BCUT2D eigenvalue weighted by molar-refractivity contribution is 5.95. The van der Waals surface area contributed by atoms with Crippen molar-refractivity contribution >= 4 is 22.6 Å². The second-order valence-corrected chi connectivity index (χ2v) is 9.66. The first kappa shape index (κ1) is 28.9. The van der Waals surface area contributed by atoms with Gasteiger partial charge in [-0.05, 0) is 43.3 Å². The number of carbonyl (C=O) groups is 1. The molecule has 0 aliphatic carbocycles. The van der Waals surface area contributed by atoms with E-state index >= 15 is 0 Å². The Morgan fingerprint density at radius 2 is 1.62 bits per heavy atom. The number of benzene rings is 3. The number of anilines is 1. The standard InChI is InChI=1S/C30H29NO11/c1-14-20(13-22-23(24(14)33)19(32)12-21(40-22)15-7-9-17(38-2)10-8-15)41-30-27(36)25(34)26(35)28(42-30)29(37)31-16-5-4-6-18(11-16)39-3/h4-13,25-28,30,33-36H,1-3H3,(H,31,37). The zero-order valence-corrected chi connectivity index (χ0v) is 22.8. The zero-order valence-electron chi connectivity index (χ0n) is 22.8. The Morgan fingerprint density at radius 1 is 0.905 bits per heavy atom. The van der Waals surface area contributed by atoms with Crippen LogP contribution in [-0.4, -0.2) is 71.3 Å². The Balaban J connectivity index is 1.44. The van der Waals surface area contributed by atoms with Gasteiger partial charge in [0.2, 0.25) is 6.29 Å². The summed E-state index contributed by atoms with van der Waals surface area (Å²) in [6.07, 6.45) is -8.69. The lowest BCUT2D eigenvalue weighted by molar-refractivity contribution is -0.265. The third-order valence-corrected chi connectivity index (χ3v) is 6.98. The Hall–Kier alpha value is -4.62. The van der Waals surface area contributed by atoms with Crippen molar-refractivity contribution in [3.05, 3.63) is 76.5 Å². The van der Waals surface area contributed by atoms with Gasteiger partial charge < -0.3 is 49.1 Å². The van der Waals surface area contributed by atoms with Crippen molar-refractivity contribution in [3.63, 3.8) is 0 Å². The molecule has 0 radical (unpaired) electrons. The predicted octanol–water partition coefficient (Wildman–Crippen LogP) is 2.32. The van der Waals surface area contributed by atoms with Crippen molar-refractivity contribution in [3.8, 4) is 34.3 Å². The number of ether oxygens (including phenoxy) is 4. The fourth-order valence-electron chi connectivity index (χ4n) is 4.60. The van der Waals surface area contributed by atoms with Gasteiger partial charge in [0.15, 0.2) is 11.5 Å². The summed E-state index contributed by atoms with van der Waals surface area (Å²) in [4.78, 5) is 25.9. The molecule has 1 saturated heterocycles. The molecule has 12 nitrogen and oxygen atoms in total. The maximum atomic E-state index is 13.0. The number of amides is 1. The molecule has 1 aromatic heterocycles. The summed E-state index contributed by atoms with van der Waals surface area (Å²) in [7, 11) is 2.99. The number of hydrogen-bond donors (Lipinski definition) is 5. The van der Waals surface area contributed by atoms with Crippen molar-refractivity contribution in [1.29, 1.82) is 0 Å². The molecule has 1 amide bonds. The molecule has 5 N–H and O–H groups in total. The molecular formula is C30H29NO11. The average molecular weight is 580 g/mol. The van der Waals surface area contributed by atoms with Crippen LogP contribution in [0.3, 0.4) is 0 Å². The van der Waals surface area contributed by atoms with Gasteiger partial charge in [-0.25, -0.2) is 0 Å². The number of fused-ring (bicyclic) bond motifs is 1. The number of phenols is 1. The summed E-state index contributed by atoms with van der Waals surface area (Å²) in [5.41, 5.74) is 0.498. The molecule has 0 saturated carbocycles. The molecule has 220 valence electrons. The Kier molecular flexibility index (Phi) is 8.05. The van der Waals surface area contributed by atoms with E-state index in [1.54, 1.807) is 48.5 Å². The highest BCUT2D eigenvalue weighted by Crippen LogP contribution is 2.37. The first-order chi connectivity index (χ1) is 20.1. The molecule has 0 bridgehead atoms. The highest BCUT2D eigenvalue weighted by atomic mass is 16.7. The highest BCUT2D eigenvalue weighted by Gasteiger charge is 2.48. The topological polar surface area (TPSA) is 177 Å². The lowest BCUT2D eigenvalue weighted by Gasteiger charge is -2.39. The van der Waals surface area contributed by atoms with Crippen LogP contribution >= 0.6 is 0 Å². The lowest BCUT2D eigenvalue weighted by atomic mass is 9.98. The van der Waals surface area contributed by atoms with Gasteiger partial charge in [0.1, 0.15) is 58.0 Å². The predicted molar refractivity (Wildman–Crippen MR) is 150 cm³/mol. The monoisotopic (exact) mass is 579 g/mol. The molecule has 1 fully saturated rings. The van der Waals surface area contributed by atoms with Crippen LogP contribution in [0.15, 0.2) is 69.9 Å². The number of nitrogens with one attached hydrogen (secondary N) is 1. The number of hydrogen-bond acceptors (Lipinski definition) is 11. The van der Waals surface area contributed by atoms with E-state index < -0.39 is 47.8 Å². The van der Waals surface area contributed by atoms with Crippen molar-refractivity contribution < 1.29 is 48.6 Å².